The molecule has 0 bridgehead atoms. The van der Waals surface area contributed by atoms with E-state index < -0.39 is 0 Å². The van der Waals surface area contributed by atoms with Crippen molar-refractivity contribution >= 4 is 17.5 Å². The molecular formula is C12H18N6OS. The number of carbonyl (C=O) groups is 1. The number of aromatic nitrogens is 5. The Morgan fingerprint density at radius 1 is 1.45 bits per heavy atom. The molecule has 108 valence electrons. The van der Waals surface area contributed by atoms with Crippen LogP contribution in [0.25, 0.3) is 11.5 Å². The second-order valence-electron chi connectivity index (χ2n) is 5.57. The van der Waals surface area contributed by atoms with Crippen LogP contribution in [0.4, 0.5) is 0 Å². The molecule has 0 saturated carbocycles. The first-order valence-electron chi connectivity index (χ1n) is 6.18. The Bertz CT molecular complexity index is 624. The molecule has 8 heteroatoms. The predicted octanol–water partition coefficient (Wildman–Crippen LogP) is 1.40. The highest BCUT2D eigenvalue weighted by Gasteiger charge is 2.22. The molecule has 2 aromatic rings. The molecule has 3 N–H and O–H groups in total. The van der Waals surface area contributed by atoms with E-state index in [2.05, 4.69) is 20.4 Å². The van der Waals surface area contributed by atoms with Crippen molar-refractivity contribution < 1.29 is 4.79 Å². The maximum absolute atomic E-state index is 11.9. The van der Waals surface area contributed by atoms with Gasteiger partial charge in [-0.15, -0.1) is 10.2 Å². The standard InChI is InChI=1S/C12H18N6OS/c1-7-5-8(15-14-7)10-16-17-11(18(10)13)20-6-9(19)12(2,3)4/h5H,6,13H2,1-4H3,(H,14,15). The smallest absolute Gasteiger partial charge is 0.210 e. The molecule has 0 amide bonds. The summed E-state index contributed by atoms with van der Waals surface area (Å²) in [6, 6.07) is 1.84. The number of nitrogen functional groups attached to an aromatic ring is 1. The Hall–Kier alpha value is -1.83. The number of nitrogens with two attached hydrogens (primary N) is 1. The number of aromatic amines is 1. The van der Waals surface area contributed by atoms with Gasteiger partial charge in [0.15, 0.2) is 0 Å². The van der Waals surface area contributed by atoms with Crippen LogP contribution in [0.1, 0.15) is 26.5 Å². The van der Waals surface area contributed by atoms with Crippen molar-refractivity contribution in [1.29, 1.82) is 0 Å². The van der Waals surface area contributed by atoms with Crippen molar-refractivity contribution in [2.75, 3.05) is 11.6 Å². The van der Waals surface area contributed by atoms with Gasteiger partial charge in [-0.05, 0) is 13.0 Å². The van der Waals surface area contributed by atoms with E-state index in [0.717, 1.165) is 5.69 Å². The van der Waals surface area contributed by atoms with Gasteiger partial charge in [-0.2, -0.15) is 5.10 Å². The minimum atomic E-state index is -0.366. The lowest BCUT2D eigenvalue weighted by atomic mass is 9.92. The fraction of sp³-hybridized carbons (Fsp3) is 0.500. The molecule has 2 aromatic heterocycles. The molecule has 2 heterocycles. The fourth-order valence-electron chi connectivity index (χ4n) is 1.43. The lowest BCUT2D eigenvalue weighted by Gasteiger charge is -2.15. The average molecular weight is 294 g/mol. The summed E-state index contributed by atoms with van der Waals surface area (Å²) in [5.74, 6) is 6.88. The molecule has 0 saturated heterocycles. The van der Waals surface area contributed by atoms with Crippen molar-refractivity contribution in [3.63, 3.8) is 0 Å². The summed E-state index contributed by atoms with van der Waals surface area (Å²) in [7, 11) is 0. The highest BCUT2D eigenvalue weighted by atomic mass is 32.2. The summed E-state index contributed by atoms with van der Waals surface area (Å²) in [6.07, 6.45) is 0. The topological polar surface area (TPSA) is 102 Å². The van der Waals surface area contributed by atoms with E-state index in [1.807, 2.05) is 33.8 Å². The van der Waals surface area contributed by atoms with Gasteiger partial charge < -0.3 is 5.84 Å². The van der Waals surface area contributed by atoms with Gasteiger partial charge in [0.2, 0.25) is 11.0 Å². The Labute approximate surface area is 121 Å². The van der Waals surface area contributed by atoms with Crippen LogP contribution < -0.4 is 5.84 Å². The summed E-state index contributed by atoms with van der Waals surface area (Å²) in [4.78, 5) is 11.9. The molecule has 0 aliphatic heterocycles. The van der Waals surface area contributed by atoms with E-state index in [1.54, 1.807) is 0 Å². The van der Waals surface area contributed by atoms with Gasteiger partial charge in [-0.25, -0.2) is 4.68 Å². The van der Waals surface area contributed by atoms with Crippen LogP contribution in [0.2, 0.25) is 0 Å². The molecule has 20 heavy (non-hydrogen) atoms. The molecule has 2 rings (SSSR count). The van der Waals surface area contributed by atoms with E-state index in [9.17, 15) is 4.79 Å². The first-order chi connectivity index (χ1) is 9.29. The number of carbonyl (C=O) groups excluding carboxylic acids is 1. The normalized spacial score (nSPS) is 11.8. The summed E-state index contributed by atoms with van der Waals surface area (Å²) in [6.45, 7) is 7.56. The van der Waals surface area contributed by atoms with Crippen molar-refractivity contribution in [3.8, 4) is 11.5 Å². The Morgan fingerprint density at radius 2 is 2.15 bits per heavy atom. The Balaban J connectivity index is 2.12. The van der Waals surface area contributed by atoms with Gasteiger partial charge in [-0.3, -0.25) is 9.89 Å². The number of aryl methyl sites for hydroxylation is 1. The molecule has 7 nitrogen and oxygen atoms in total. The average Bonchev–Trinajstić information content (AvgIpc) is 2.91. The zero-order chi connectivity index (χ0) is 14.9. The van der Waals surface area contributed by atoms with E-state index in [-0.39, 0.29) is 11.2 Å². The molecule has 0 unspecified atom stereocenters. The molecule has 0 aromatic carbocycles. The van der Waals surface area contributed by atoms with Crippen LogP contribution in [0.3, 0.4) is 0 Å². The van der Waals surface area contributed by atoms with E-state index in [1.165, 1.54) is 16.4 Å². The fourth-order valence-corrected chi connectivity index (χ4v) is 2.45. The SMILES string of the molecule is Cc1cc(-c2nnc(SCC(=O)C(C)(C)C)n2N)n[nH]1. The van der Waals surface area contributed by atoms with Crippen LogP contribution in [-0.4, -0.2) is 36.6 Å². The number of ketones is 1. The highest BCUT2D eigenvalue weighted by molar-refractivity contribution is 7.99. The maximum atomic E-state index is 11.9. The van der Waals surface area contributed by atoms with Crippen LogP contribution in [0, 0.1) is 12.3 Å². The molecule has 0 spiro atoms. The number of Topliss-reactive ketones (excluding diaryl/α,β-unsaturated/α-hetero) is 1. The number of H-pyrrole nitrogens is 1. The van der Waals surface area contributed by atoms with Gasteiger partial charge in [0.25, 0.3) is 0 Å². The van der Waals surface area contributed by atoms with Crippen LogP contribution >= 0.6 is 11.8 Å². The number of nitrogens with zero attached hydrogens (tertiary/aromatic N) is 4. The van der Waals surface area contributed by atoms with Crippen LogP contribution in [-0.2, 0) is 4.79 Å². The van der Waals surface area contributed by atoms with Crippen molar-refractivity contribution in [2.45, 2.75) is 32.9 Å². The summed E-state index contributed by atoms with van der Waals surface area (Å²) in [5.41, 5.74) is 1.18. The van der Waals surface area contributed by atoms with Crippen molar-refractivity contribution in [3.05, 3.63) is 11.8 Å². The van der Waals surface area contributed by atoms with E-state index in [0.29, 0.717) is 22.4 Å². The summed E-state index contributed by atoms with van der Waals surface area (Å²) < 4.78 is 1.36. The van der Waals surface area contributed by atoms with Crippen molar-refractivity contribution in [1.82, 2.24) is 25.1 Å². The number of thioether (sulfide) groups is 1. The number of rotatable bonds is 4. The largest absolute Gasteiger partial charge is 0.335 e. The van der Waals surface area contributed by atoms with Gasteiger partial charge in [0, 0.05) is 11.1 Å². The lowest BCUT2D eigenvalue weighted by molar-refractivity contribution is -0.123. The first-order valence-corrected chi connectivity index (χ1v) is 7.16. The molecule has 0 fully saturated rings. The molecule has 0 aliphatic carbocycles. The second kappa shape index (κ2) is 5.28. The molecular weight excluding hydrogens is 276 g/mol. The highest BCUT2D eigenvalue weighted by Crippen LogP contribution is 2.24. The number of hydrogen-bond acceptors (Lipinski definition) is 6. The third-order valence-corrected chi connectivity index (χ3v) is 3.71. The molecule has 0 radical (unpaired) electrons. The zero-order valence-corrected chi connectivity index (χ0v) is 12.8. The van der Waals surface area contributed by atoms with Gasteiger partial charge in [0.1, 0.15) is 11.5 Å². The van der Waals surface area contributed by atoms with Crippen molar-refractivity contribution in [2.24, 2.45) is 5.41 Å². The van der Waals surface area contributed by atoms with E-state index in [4.69, 9.17) is 5.84 Å². The zero-order valence-electron chi connectivity index (χ0n) is 12.0. The number of hydrogen-bond donors (Lipinski definition) is 2. The summed E-state index contributed by atoms with van der Waals surface area (Å²) >= 11 is 1.28. The predicted molar refractivity (Wildman–Crippen MR) is 77.7 cm³/mol. The monoisotopic (exact) mass is 294 g/mol. The second-order valence-corrected chi connectivity index (χ2v) is 6.52. The summed E-state index contributed by atoms with van der Waals surface area (Å²) in [5, 5.41) is 15.4. The third kappa shape index (κ3) is 3.01. The Morgan fingerprint density at radius 3 is 2.70 bits per heavy atom. The minimum absolute atomic E-state index is 0.141. The quantitative estimate of drug-likeness (QED) is 0.652. The number of nitrogens with one attached hydrogen (secondary N) is 1. The van der Waals surface area contributed by atoms with Crippen LogP contribution in [0.15, 0.2) is 11.2 Å². The maximum Gasteiger partial charge on any atom is 0.210 e. The molecule has 0 aliphatic rings. The van der Waals surface area contributed by atoms with E-state index >= 15 is 0 Å². The van der Waals surface area contributed by atoms with Gasteiger partial charge >= 0.3 is 0 Å². The lowest BCUT2D eigenvalue weighted by Crippen LogP contribution is -2.22. The Kier molecular flexibility index (Phi) is 3.85. The minimum Gasteiger partial charge on any atom is -0.335 e. The van der Waals surface area contributed by atoms with Crippen LogP contribution in [0.5, 0.6) is 0 Å². The van der Waals surface area contributed by atoms with Gasteiger partial charge in [0.05, 0.1) is 5.75 Å². The molecule has 0 atom stereocenters. The first kappa shape index (κ1) is 14.6. The third-order valence-electron chi connectivity index (χ3n) is 2.77. The van der Waals surface area contributed by atoms with Gasteiger partial charge in [-0.1, -0.05) is 32.5 Å².